The number of likely N-dealkylation sites (tertiary alicyclic amines) is 2. The Morgan fingerprint density at radius 2 is 1.56 bits per heavy atom. The lowest BCUT2D eigenvalue weighted by Gasteiger charge is -2.41. The second-order valence-electron chi connectivity index (χ2n) is 12.0. The number of pyridine rings is 1. The molecule has 3 amide bonds. The van der Waals surface area contributed by atoms with Crippen LogP contribution in [-0.2, 0) is 16.1 Å². The molecule has 2 fully saturated rings. The quantitative estimate of drug-likeness (QED) is 0.450. The maximum absolute atomic E-state index is 14.2. The number of carbonyl (C=O) groups excluding carboxylic acids is 3. The number of benzene rings is 2. The van der Waals surface area contributed by atoms with Crippen molar-refractivity contribution in [3.05, 3.63) is 88.9 Å². The molecule has 0 radical (unpaired) electrons. The Labute approximate surface area is 251 Å². The highest BCUT2D eigenvalue weighted by Crippen LogP contribution is 2.41. The van der Waals surface area contributed by atoms with Crippen LogP contribution < -0.4 is 10.2 Å². The van der Waals surface area contributed by atoms with E-state index in [4.69, 9.17) is 4.98 Å². The van der Waals surface area contributed by atoms with Gasteiger partial charge < -0.3 is 20.0 Å². The van der Waals surface area contributed by atoms with Crippen molar-refractivity contribution >= 4 is 29.2 Å². The second-order valence-corrected chi connectivity index (χ2v) is 12.0. The summed E-state index contributed by atoms with van der Waals surface area (Å²) >= 11 is 0. The van der Waals surface area contributed by atoms with Gasteiger partial charge in [0.25, 0.3) is 5.91 Å². The molecule has 3 aromatic rings. The fourth-order valence-electron chi connectivity index (χ4n) is 6.77. The summed E-state index contributed by atoms with van der Waals surface area (Å²) in [6.45, 7) is 6.60. The molecule has 8 nitrogen and oxygen atoms in total. The number of para-hydroxylation sites is 1. The summed E-state index contributed by atoms with van der Waals surface area (Å²) in [5.41, 5.74) is 4.36. The fourth-order valence-corrected chi connectivity index (χ4v) is 6.77. The number of hydrogen-bond donors (Lipinski definition) is 1. The number of nitrogens with zero attached hydrogens (tertiary/aromatic N) is 4. The molecule has 224 valence electrons. The molecule has 1 atom stereocenters. The van der Waals surface area contributed by atoms with Crippen LogP contribution in [0.4, 0.5) is 15.9 Å². The molecule has 0 saturated carbocycles. The molecule has 1 N–H and O–H groups in total. The van der Waals surface area contributed by atoms with Crippen molar-refractivity contribution in [3.8, 4) is 0 Å². The number of piperidine rings is 2. The Morgan fingerprint density at radius 3 is 2.23 bits per heavy atom. The van der Waals surface area contributed by atoms with Crippen molar-refractivity contribution in [2.75, 3.05) is 36.4 Å². The molecule has 9 heteroatoms. The van der Waals surface area contributed by atoms with E-state index in [2.05, 4.69) is 11.4 Å². The number of fused-ring (bicyclic) bond motifs is 1. The van der Waals surface area contributed by atoms with Gasteiger partial charge in [-0.1, -0.05) is 24.3 Å². The van der Waals surface area contributed by atoms with Crippen molar-refractivity contribution in [1.29, 1.82) is 0 Å². The molecule has 1 unspecified atom stereocenters. The number of amides is 3. The minimum atomic E-state index is -0.380. The molecule has 2 saturated heterocycles. The van der Waals surface area contributed by atoms with Crippen LogP contribution in [0.3, 0.4) is 0 Å². The Bertz CT molecular complexity index is 1510. The standard InChI is InChI=1S/C34H38FN5O3/c1-22-5-3-4-6-29(22)40-21-26-9-12-30(37-32(26)31(34(40)43)24-13-17-38(18-14-24)23(2)41)36-28-15-19-39(20-16-28)33(42)25-7-10-27(35)11-8-25/h3-12,24,28,31H,13-21H2,1-2H3,(H,36,37). The number of anilines is 2. The number of aryl methyl sites for hydroxylation is 1. The van der Waals surface area contributed by atoms with Gasteiger partial charge in [0.2, 0.25) is 11.8 Å². The maximum Gasteiger partial charge on any atom is 0.253 e. The number of halogens is 1. The molecule has 1 aromatic heterocycles. The Kier molecular flexibility index (Phi) is 8.15. The molecular formula is C34H38FN5O3. The summed E-state index contributed by atoms with van der Waals surface area (Å²) in [6, 6.07) is 17.9. The van der Waals surface area contributed by atoms with E-state index in [1.165, 1.54) is 24.3 Å². The monoisotopic (exact) mass is 583 g/mol. The van der Waals surface area contributed by atoms with Gasteiger partial charge >= 0.3 is 0 Å². The van der Waals surface area contributed by atoms with Crippen LogP contribution >= 0.6 is 0 Å². The normalized spacial score (nSPS) is 19.7. The summed E-state index contributed by atoms with van der Waals surface area (Å²) in [6.07, 6.45) is 3.05. The topological polar surface area (TPSA) is 85.9 Å². The number of rotatable bonds is 5. The van der Waals surface area contributed by atoms with Crippen molar-refractivity contribution in [1.82, 2.24) is 14.8 Å². The van der Waals surface area contributed by atoms with E-state index in [-0.39, 0.29) is 41.4 Å². The van der Waals surface area contributed by atoms with E-state index in [1.807, 2.05) is 52.0 Å². The van der Waals surface area contributed by atoms with Crippen LogP contribution in [0.25, 0.3) is 0 Å². The van der Waals surface area contributed by atoms with Gasteiger partial charge in [-0.3, -0.25) is 14.4 Å². The van der Waals surface area contributed by atoms with E-state index in [0.717, 1.165) is 54.0 Å². The van der Waals surface area contributed by atoms with Gasteiger partial charge in [0.05, 0.1) is 18.2 Å². The fraction of sp³-hybridized carbons (Fsp3) is 0.412. The summed E-state index contributed by atoms with van der Waals surface area (Å²) in [7, 11) is 0. The largest absolute Gasteiger partial charge is 0.367 e. The highest BCUT2D eigenvalue weighted by atomic mass is 19.1. The number of hydrogen-bond acceptors (Lipinski definition) is 5. The first-order chi connectivity index (χ1) is 20.8. The first-order valence-corrected chi connectivity index (χ1v) is 15.2. The minimum Gasteiger partial charge on any atom is -0.367 e. The van der Waals surface area contributed by atoms with E-state index in [9.17, 15) is 18.8 Å². The van der Waals surface area contributed by atoms with E-state index in [1.54, 1.807) is 6.92 Å². The first kappa shape index (κ1) is 28.8. The average molecular weight is 584 g/mol. The van der Waals surface area contributed by atoms with E-state index < -0.39 is 0 Å². The maximum atomic E-state index is 14.2. The van der Waals surface area contributed by atoms with Crippen molar-refractivity contribution in [2.24, 2.45) is 5.92 Å². The lowest BCUT2D eigenvalue weighted by molar-refractivity contribution is -0.130. The van der Waals surface area contributed by atoms with Gasteiger partial charge in [-0.05, 0) is 86.1 Å². The summed E-state index contributed by atoms with van der Waals surface area (Å²) < 4.78 is 13.3. The van der Waals surface area contributed by atoms with Crippen molar-refractivity contribution < 1.29 is 18.8 Å². The van der Waals surface area contributed by atoms with Crippen molar-refractivity contribution in [3.63, 3.8) is 0 Å². The van der Waals surface area contributed by atoms with E-state index >= 15 is 0 Å². The first-order valence-electron chi connectivity index (χ1n) is 15.2. The Hall–Kier alpha value is -4.27. The van der Waals surface area contributed by atoms with Crippen LogP contribution in [0, 0.1) is 18.7 Å². The Balaban J connectivity index is 1.20. The highest BCUT2D eigenvalue weighted by molar-refractivity contribution is 6.00. The zero-order valence-corrected chi connectivity index (χ0v) is 24.8. The predicted octanol–water partition coefficient (Wildman–Crippen LogP) is 5.13. The molecule has 0 spiro atoms. The zero-order chi connectivity index (χ0) is 30.1. The summed E-state index contributed by atoms with van der Waals surface area (Å²) in [5, 5.41) is 3.57. The molecule has 0 bridgehead atoms. The van der Waals surface area contributed by atoms with Gasteiger partial charge in [0.15, 0.2) is 0 Å². The molecule has 43 heavy (non-hydrogen) atoms. The van der Waals surface area contributed by atoms with Crippen LogP contribution in [-0.4, -0.2) is 64.7 Å². The third-order valence-corrected chi connectivity index (χ3v) is 9.26. The van der Waals surface area contributed by atoms with Crippen LogP contribution in [0.5, 0.6) is 0 Å². The molecule has 6 rings (SSSR count). The molecule has 0 aliphatic carbocycles. The predicted molar refractivity (Wildman–Crippen MR) is 163 cm³/mol. The van der Waals surface area contributed by atoms with Gasteiger partial charge in [0, 0.05) is 50.4 Å². The van der Waals surface area contributed by atoms with Gasteiger partial charge in [-0.15, -0.1) is 0 Å². The second kappa shape index (κ2) is 12.1. The third-order valence-electron chi connectivity index (χ3n) is 9.26. The lowest BCUT2D eigenvalue weighted by atomic mass is 9.78. The van der Waals surface area contributed by atoms with E-state index in [0.29, 0.717) is 38.3 Å². The van der Waals surface area contributed by atoms with Crippen LogP contribution in [0.15, 0.2) is 60.7 Å². The average Bonchev–Trinajstić information content (AvgIpc) is 3.02. The molecular weight excluding hydrogens is 545 g/mol. The van der Waals surface area contributed by atoms with Gasteiger partial charge in [-0.2, -0.15) is 0 Å². The third kappa shape index (κ3) is 5.98. The molecule has 4 heterocycles. The smallest absolute Gasteiger partial charge is 0.253 e. The molecule has 3 aliphatic rings. The van der Waals surface area contributed by atoms with Gasteiger partial charge in [-0.25, -0.2) is 9.37 Å². The summed E-state index contributed by atoms with van der Waals surface area (Å²) in [4.78, 5) is 49.7. The van der Waals surface area contributed by atoms with Crippen LogP contribution in [0.2, 0.25) is 0 Å². The molecule has 2 aromatic carbocycles. The highest BCUT2D eigenvalue weighted by Gasteiger charge is 2.42. The van der Waals surface area contributed by atoms with Crippen LogP contribution in [0.1, 0.15) is 65.7 Å². The van der Waals surface area contributed by atoms with Gasteiger partial charge in [0.1, 0.15) is 11.6 Å². The SMILES string of the molecule is CC(=O)N1CCC(C2C(=O)N(c3ccccc3C)Cc3ccc(NC4CCN(C(=O)c5ccc(F)cc5)CC4)nc32)CC1. The summed E-state index contributed by atoms with van der Waals surface area (Å²) in [5.74, 6) is 0.161. The minimum absolute atomic E-state index is 0.0698. The zero-order valence-electron chi connectivity index (χ0n) is 24.8. The van der Waals surface area contributed by atoms with Crippen molar-refractivity contribution in [2.45, 2.75) is 58.0 Å². The number of nitrogens with one attached hydrogen (secondary N) is 1. The number of carbonyl (C=O) groups is 3. The number of aromatic nitrogens is 1. The lowest BCUT2D eigenvalue weighted by Crippen LogP contribution is -2.46. The molecule has 3 aliphatic heterocycles. The Morgan fingerprint density at radius 1 is 0.884 bits per heavy atom.